The van der Waals surface area contributed by atoms with Gasteiger partial charge in [-0.1, -0.05) is 23.7 Å². The van der Waals surface area contributed by atoms with Crippen LogP contribution in [0.1, 0.15) is 0 Å². The Kier molecular flexibility index (Phi) is 2.33. The smallest absolute Gasteiger partial charge is 0.208 e. The van der Waals surface area contributed by atoms with E-state index in [1.807, 2.05) is 18.2 Å². The lowest BCUT2D eigenvalue weighted by atomic mass is 10.3. The van der Waals surface area contributed by atoms with Crippen LogP contribution >= 0.6 is 27.5 Å². The Hall–Kier alpha value is -0.870. The van der Waals surface area contributed by atoms with Gasteiger partial charge in [0.25, 0.3) is 0 Å². The van der Waals surface area contributed by atoms with Crippen LogP contribution in [0.25, 0.3) is 5.69 Å². The van der Waals surface area contributed by atoms with Crippen LogP contribution in [0.3, 0.4) is 0 Å². The topological polar surface area (TPSA) is 30.7 Å². The number of benzene rings is 1. The zero-order chi connectivity index (χ0) is 9.26. The van der Waals surface area contributed by atoms with E-state index in [2.05, 4.69) is 32.3 Å². The SMILES string of the molecule is Clc1ccccc1-n1[c]nc(Br)n1. The van der Waals surface area contributed by atoms with Crippen molar-refractivity contribution in [1.82, 2.24) is 14.8 Å². The maximum Gasteiger partial charge on any atom is 0.218 e. The van der Waals surface area contributed by atoms with Crippen LogP contribution in [0.4, 0.5) is 0 Å². The van der Waals surface area contributed by atoms with Gasteiger partial charge in [-0.05, 0) is 28.1 Å². The van der Waals surface area contributed by atoms with Crippen molar-refractivity contribution < 1.29 is 0 Å². The molecule has 0 N–H and O–H groups in total. The van der Waals surface area contributed by atoms with Crippen LogP contribution in [0.2, 0.25) is 5.02 Å². The zero-order valence-corrected chi connectivity index (χ0v) is 8.75. The first-order valence-corrected chi connectivity index (χ1v) is 4.69. The number of aromatic nitrogens is 3. The van der Waals surface area contributed by atoms with Gasteiger partial charge in [0.2, 0.25) is 11.1 Å². The van der Waals surface area contributed by atoms with Crippen molar-refractivity contribution in [1.29, 1.82) is 0 Å². The maximum absolute atomic E-state index is 5.94. The fourth-order valence-corrected chi connectivity index (χ4v) is 1.40. The van der Waals surface area contributed by atoms with Crippen LogP contribution in [0.5, 0.6) is 0 Å². The van der Waals surface area contributed by atoms with Gasteiger partial charge in [0.05, 0.1) is 10.7 Å². The number of hydrogen-bond acceptors (Lipinski definition) is 2. The molecule has 13 heavy (non-hydrogen) atoms. The number of hydrogen-bond donors (Lipinski definition) is 0. The van der Waals surface area contributed by atoms with E-state index in [4.69, 9.17) is 11.6 Å². The van der Waals surface area contributed by atoms with E-state index in [0.717, 1.165) is 5.69 Å². The highest BCUT2D eigenvalue weighted by Crippen LogP contribution is 2.18. The van der Waals surface area contributed by atoms with Gasteiger partial charge < -0.3 is 0 Å². The molecule has 0 fully saturated rings. The predicted molar refractivity (Wildman–Crippen MR) is 52.9 cm³/mol. The van der Waals surface area contributed by atoms with Crippen molar-refractivity contribution >= 4 is 27.5 Å². The fraction of sp³-hybridized carbons (Fsp3) is 0. The lowest BCUT2D eigenvalue weighted by Crippen LogP contribution is -1.95. The van der Waals surface area contributed by atoms with Gasteiger partial charge in [0.15, 0.2) is 0 Å². The fourth-order valence-electron chi connectivity index (χ4n) is 0.947. The van der Waals surface area contributed by atoms with Crippen LogP contribution in [0, 0.1) is 6.33 Å². The van der Waals surface area contributed by atoms with E-state index in [1.54, 1.807) is 6.07 Å². The summed E-state index contributed by atoms with van der Waals surface area (Å²) >= 11 is 9.08. The third-order valence-corrected chi connectivity index (χ3v) is 2.16. The summed E-state index contributed by atoms with van der Waals surface area (Å²) in [5, 5.41) is 4.65. The normalized spacial score (nSPS) is 10.3. The summed E-state index contributed by atoms with van der Waals surface area (Å²) in [6.45, 7) is 0. The first-order valence-electron chi connectivity index (χ1n) is 3.52. The van der Waals surface area contributed by atoms with Crippen molar-refractivity contribution in [2.45, 2.75) is 0 Å². The zero-order valence-electron chi connectivity index (χ0n) is 6.41. The van der Waals surface area contributed by atoms with E-state index in [-0.39, 0.29) is 0 Å². The molecule has 0 bridgehead atoms. The number of halogens is 2. The average molecular weight is 257 g/mol. The van der Waals surface area contributed by atoms with Crippen LogP contribution in [-0.4, -0.2) is 14.8 Å². The van der Waals surface area contributed by atoms with E-state index >= 15 is 0 Å². The van der Waals surface area contributed by atoms with E-state index < -0.39 is 0 Å². The van der Waals surface area contributed by atoms with Crippen molar-refractivity contribution in [2.75, 3.05) is 0 Å². The van der Waals surface area contributed by atoms with E-state index in [0.29, 0.717) is 9.76 Å². The highest BCUT2D eigenvalue weighted by molar-refractivity contribution is 9.10. The van der Waals surface area contributed by atoms with Gasteiger partial charge in [0.1, 0.15) is 0 Å². The molecular formula is C8H4BrClN3. The molecule has 1 aromatic carbocycles. The summed E-state index contributed by atoms with van der Waals surface area (Å²) in [6, 6.07) is 7.38. The molecule has 1 radical (unpaired) electrons. The van der Waals surface area contributed by atoms with Crippen molar-refractivity contribution in [2.24, 2.45) is 0 Å². The monoisotopic (exact) mass is 256 g/mol. The molecule has 0 spiro atoms. The van der Waals surface area contributed by atoms with Crippen LogP contribution in [-0.2, 0) is 0 Å². The van der Waals surface area contributed by atoms with Crippen molar-refractivity contribution in [3.8, 4) is 5.69 Å². The quantitative estimate of drug-likeness (QED) is 0.786. The molecule has 0 aliphatic heterocycles. The van der Waals surface area contributed by atoms with Crippen molar-refractivity contribution in [3.63, 3.8) is 0 Å². The van der Waals surface area contributed by atoms with Gasteiger partial charge >= 0.3 is 0 Å². The molecule has 3 nitrogen and oxygen atoms in total. The van der Waals surface area contributed by atoms with E-state index in [9.17, 15) is 0 Å². The molecule has 2 rings (SSSR count). The van der Waals surface area contributed by atoms with Gasteiger partial charge in [-0.2, -0.15) is 4.98 Å². The lowest BCUT2D eigenvalue weighted by Gasteiger charge is -2.00. The minimum Gasteiger partial charge on any atom is -0.208 e. The Morgan fingerprint density at radius 1 is 1.38 bits per heavy atom. The highest BCUT2D eigenvalue weighted by Gasteiger charge is 2.03. The summed E-state index contributed by atoms with van der Waals surface area (Å²) in [4.78, 5) is 3.82. The van der Waals surface area contributed by atoms with Gasteiger partial charge in [-0.3, -0.25) is 0 Å². The molecule has 0 saturated heterocycles. The number of rotatable bonds is 1. The Bertz CT molecular complexity index is 427. The summed E-state index contributed by atoms with van der Waals surface area (Å²) in [6.07, 6.45) is 2.69. The maximum atomic E-state index is 5.94. The van der Waals surface area contributed by atoms with Gasteiger partial charge in [-0.25, -0.2) is 4.68 Å². The predicted octanol–water partition coefficient (Wildman–Crippen LogP) is 2.48. The second-order valence-electron chi connectivity index (χ2n) is 2.34. The molecule has 1 heterocycles. The second kappa shape index (κ2) is 3.47. The summed E-state index contributed by atoms with van der Waals surface area (Å²) in [5.74, 6) is 0. The third kappa shape index (κ3) is 1.73. The molecule has 0 amide bonds. The molecule has 0 aliphatic rings. The summed E-state index contributed by atoms with van der Waals surface area (Å²) < 4.78 is 1.99. The molecule has 2 aromatic rings. The standard InChI is InChI=1S/C8H4BrClN3/c9-8-11-5-13(12-8)7-4-2-1-3-6(7)10/h1-4H. The molecule has 0 aliphatic carbocycles. The Balaban J connectivity index is 2.52. The van der Waals surface area contributed by atoms with E-state index in [1.165, 1.54) is 4.68 Å². The average Bonchev–Trinajstić information content (AvgIpc) is 2.53. The molecule has 1 aromatic heterocycles. The molecule has 0 saturated carbocycles. The Morgan fingerprint density at radius 3 is 2.77 bits per heavy atom. The van der Waals surface area contributed by atoms with Crippen LogP contribution < -0.4 is 0 Å². The minimum absolute atomic E-state index is 0.493. The van der Waals surface area contributed by atoms with Gasteiger partial charge in [-0.15, -0.1) is 5.10 Å². The molecular weight excluding hydrogens is 253 g/mol. The molecule has 0 atom stereocenters. The largest absolute Gasteiger partial charge is 0.218 e. The Labute approximate surface area is 88.5 Å². The Morgan fingerprint density at radius 2 is 2.15 bits per heavy atom. The summed E-state index contributed by atoms with van der Waals surface area (Å²) in [7, 11) is 0. The van der Waals surface area contributed by atoms with Crippen molar-refractivity contribution in [3.05, 3.63) is 40.3 Å². The van der Waals surface area contributed by atoms with Crippen LogP contribution in [0.15, 0.2) is 29.0 Å². The molecule has 5 heteroatoms. The number of nitrogens with zero attached hydrogens (tertiary/aromatic N) is 3. The summed E-state index contributed by atoms with van der Waals surface area (Å²) in [5.41, 5.74) is 0.766. The first kappa shape index (κ1) is 8.72. The lowest BCUT2D eigenvalue weighted by molar-refractivity contribution is 0.864. The second-order valence-corrected chi connectivity index (χ2v) is 3.46. The minimum atomic E-state index is 0.493. The highest BCUT2D eigenvalue weighted by atomic mass is 79.9. The first-order chi connectivity index (χ1) is 6.27. The number of para-hydroxylation sites is 1. The third-order valence-electron chi connectivity index (χ3n) is 1.50. The molecule has 65 valence electrons. The van der Waals surface area contributed by atoms with Gasteiger partial charge in [0, 0.05) is 0 Å². The molecule has 0 unspecified atom stereocenters.